The van der Waals surface area contributed by atoms with Gasteiger partial charge in [0.15, 0.2) is 0 Å². The molecule has 0 aliphatic heterocycles. The molecule has 3 aromatic carbocycles. The maximum Gasteiger partial charge on any atom is 0.145 e. The predicted molar refractivity (Wildman–Crippen MR) is 110 cm³/mol. The molecular formula is C24H20N2. The van der Waals surface area contributed by atoms with E-state index in [9.17, 15) is 0 Å². The summed E-state index contributed by atoms with van der Waals surface area (Å²) in [5.74, 6) is 1.02. The Balaban J connectivity index is 2.05. The van der Waals surface area contributed by atoms with Crippen LogP contribution in [0.25, 0.3) is 38.6 Å². The van der Waals surface area contributed by atoms with Gasteiger partial charge in [-0.3, -0.25) is 4.40 Å². The lowest BCUT2D eigenvalue weighted by molar-refractivity contribution is 1.19. The summed E-state index contributed by atoms with van der Waals surface area (Å²) < 4.78 is 2.33. The highest BCUT2D eigenvalue weighted by Crippen LogP contribution is 2.35. The van der Waals surface area contributed by atoms with Gasteiger partial charge in [0.05, 0.1) is 17.2 Å². The minimum absolute atomic E-state index is 1.02. The zero-order chi connectivity index (χ0) is 17.8. The van der Waals surface area contributed by atoms with E-state index in [1.54, 1.807) is 0 Å². The number of nitrogens with zero attached hydrogens (tertiary/aromatic N) is 2. The van der Waals surface area contributed by atoms with Crippen LogP contribution >= 0.6 is 0 Å². The average molecular weight is 336 g/mol. The van der Waals surface area contributed by atoms with Crippen LogP contribution in [0.5, 0.6) is 0 Å². The Labute approximate surface area is 152 Å². The summed E-state index contributed by atoms with van der Waals surface area (Å²) >= 11 is 0. The maximum absolute atomic E-state index is 4.87. The van der Waals surface area contributed by atoms with Gasteiger partial charge in [-0.1, -0.05) is 54.1 Å². The lowest BCUT2D eigenvalue weighted by Gasteiger charge is -2.13. The first kappa shape index (κ1) is 15.2. The van der Waals surface area contributed by atoms with E-state index in [1.165, 1.54) is 43.9 Å². The van der Waals surface area contributed by atoms with Gasteiger partial charge in [0.25, 0.3) is 0 Å². The minimum atomic E-state index is 1.02. The van der Waals surface area contributed by atoms with Crippen LogP contribution in [-0.2, 0) is 0 Å². The highest BCUT2D eigenvalue weighted by molar-refractivity contribution is 6.13. The third-order valence-corrected chi connectivity index (χ3v) is 5.35. The van der Waals surface area contributed by atoms with Crippen molar-refractivity contribution in [1.82, 2.24) is 9.38 Å². The van der Waals surface area contributed by atoms with Crippen molar-refractivity contribution < 1.29 is 0 Å². The molecule has 0 atom stereocenters. The second-order valence-electron chi connectivity index (χ2n) is 7.14. The lowest BCUT2D eigenvalue weighted by Crippen LogP contribution is -1.97. The molecular weight excluding hydrogens is 316 g/mol. The number of aryl methyl sites for hydroxylation is 3. The number of rotatable bonds is 1. The Morgan fingerprint density at radius 2 is 1.42 bits per heavy atom. The molecule has 5 aromatic rings. The van der Waals surface area contributed by atoms with Crippen molar-refractivity contribution in [3.8, 4) is 11.4 Å². The SMILES string of the molecule is Cc1ccc2c(c1)c1ccccc1c1cnc(-c3c(C)cccc3C)n21. The molecule has 2 nitrogen and oxygen atoms in total. The van der Waals surface area contributed by atoms with Gasteiger partial charge >= 0.3 is 0 Å². The molecule has 2 aromatic heterocycles. The van der Waals surface area contributed by atoms with Gasteiger partial charge in [-0.05, 0) is 49.4 Å². The summed E-state index contributed by atoms with van der Waals surface area (Å²) in [5, 5.41) is 3.81. The van der Waals surface area contributed by atoms with Gasteiger partial charge in [0.1, 0.15) is 5.82 Å². The molecule has 0 amide bonds. The number of pyridine rings is 1. The summed E-state index contributed by atoms with van der Waals surface area (Å²) in [6.07, 6.45) is 2.02. The number of hydrogen-bond acceptors (Lipinski definition) is 1. The molecule has 0 spiro atoms. The summed E-state index contributed by atoms with van der Waals surface area (Å²) in [6, 6.07) is 21.8. The largest absolute Gasteiger partial charge is 0.292 e. The Morgan fingerprint density at radius 1 is 0.692 bits per heavy atom. The third-order valence-electron chi connectivity index (χ3n) is 5.35. The summed E-state index contributed by atoms with van der Waals surface area (Å²) in [6.45, 7) is 6.48. The summed E-state index contributed by atoms with van der Waals surface area (Å²) in [5.41, 5.74) is 7.38. The van der Waals surface area contributed by atoms with Crippen LogP contribution in [0.2, 0.25) is 0 Å². The Morgan fingerprint density at radius 3 is 2.19 bits per heavy atom. The number of benzene rings is 3. The molecule has 0 aliphatic rings. The van der Waals surface area contributed by atoms with E-state index in [2.05, 4.69) is 85.8 Å². The fourth-order valence-electron chi connectivity index (χ4n) is 4.13. The van der Waals surface area contributed by atoms with Gasteiger partial charge in [-0.15, -0.1) is 0 Å². The van der Waals surface area contributed by atoms with Gasteiger partial charge in [-0.25, -0.2) is 4.98 Å². The second kappa shape index (κ2) is 5.43. The second-order valence-corrected chi connectivity index (χ2v) is 7.14. The van der Waals surface area contributed by atoms with Crippen LogP contribution < -0.4 is 0 Å². The molecule has 0 fully saturated rings. The highest BCUT2D eigenvalue weighted by Gasteiger charge is 2.16. The zero-order valence-electron chi connectivity index (χ0n) is 15.2. The van der Waals surface area contributed by atoms with E-state index in [0.29, 0.717) is 0 Å². The number of fused-ring (bicyclic) bond motifs is 6. The van der Waals surface area contributed by atoms with Gasteiger partial charge in [-0.2, -0.15) is 0 Å². The third kappa shape index (κ3) is 2.02. The number of hydrogen-bond donors (Lipinski definition) is 0. The first-order chi connectivity index (χ1) is 12.6. The molecule has 126 valence electrons. The van der Waals surface area contributed by atoms with Gasteiger partial charge < -0.3 is 0 Å². The quantitative estimate of drug-likeness (QED) is 0.332. The molecule has 0 N–H and O–H groups in total. The smallest absolute Gasteiger partial charge is 0.145 e. The minimum Gasteiger partial charge on any atom is -0.292 e. The van der Waals surface area contributed by atoms with Crippen LogP contribution in [0.3, 0.4) is 0 Å². The van der Waals surface area contributed by atoms with E-state index < -0.39 is 0 Å². The Kier molecular flexibility index (Phi) is 3.17. The fourth-order valence-corrected chi connectivity index (χ4v) is 4.13. The van der Waals surface area contributed by atoms with Crippen LogP contribution in [-0.4, -0.2) is 9.38 Å². The number of aromatic nitrogens is 2. The molecule has 2 heteroatoms. The average Bonchev–Trinajstić information content (AvgIpc) is 3.07. The summed E-state index contributed by atoms with van der Waals surface area (Å²) in [7, 11) is 0. The van der Waals surface area contributed by atoms with E-state index in [4.69, 9.17) is 4.98 Å². The first-order valence-corrected chi connectivity index (χ1v) is 9.00. The fraction of sp³-hybridized carbons (Fsp3) is 0.125. The van der Waals surface area contributed by atoms with Crippen LogP contribution in [0, 0.1) is 20.8 Å². The van der Waals surface area contributed by atoms with Crippen LogP contribution in [0.4, 0.5) is 0 Å². The number of imidazole rings is 1. The molecule has 0 aliphatic carbocycles. The molecule has 0 unspecified atom stereocenters. The van der Waals surface area contributed by atoms with Gasteiger partial charge in [0, 0.05) is 16.3 Å². The van der Waals surface area contributed by atoms with E-state index in [0.717, 1.165) is 11.3 Å². The topological polar surface area (TPSA) is 17.3 Å². The van der Waals surface area contributed by atoms with Crippen molar-refractivity contribution in [1.29, 1.82) is 0 Å². The highest BCUT2D eigenvalue weighted by atomic mass is 15.0. The van der Waals surface area contributed by atoms with Crippen molar-refractivity contribution in [2.45, 2.75) is 20.8 Å². The van der Waals surface area contributed by atoms with Crippen LogP contribution in [0.15, 0.2) is 66.9 Å². The van der Waals surface area contributed by atoms with Crippen molar-refractivity contribution in [2.75, 3.05) is 0 Å². The Bertz CT molecular complexity index is 1290. The molecule has 0 saturated heterocycles. The van der Waals surface area contributed by atoms with E-state index in [1.807, 2.05) is 6.20 Å². The summed E-state index contributed by atoms with van der Waals surface area (Å²) in [4.78, 5) is 4.87. The zero-order valence-corrected chi connectivity index (χ0v) is 15.2. The monoisotopic (exact) mass is 336 g/mol. The van der Waals surface area contributed by atoms with Crippen molar-refractivity contribution in [3.63, 3.8) is 0 Å². The predicted octanol–water partition coefficient (Wildman–Crippen LogP) is 6.23. The van der Waals surface area contributed by atoms with Crippen molar-refractivity contribution >= 4 is 27.2 Å². The standard InChI is InChI=1S/C24H20N2/c1-15-11-12-21-20(13-15)18-9-4-5-10-19(18)22-14-25-24(26(21)22)23-16(2)7-6-8-17(23)3/h4-14H,1-3H3. The molecule has 2 heterocycles. The van der Waals surface area contributed by atoms with Crippen molar-refractivity contribution in [3.05, 3.63) is 83.6 Å². The van der Waals surface area contributed by atoms with Crippen molar-refractivity contribution in [2.24, 2.45) is 0 Å². The van der Waals surface area contributed by atoms with Gasteiger partial charge in [0.2, 0.25) is 0 Å². The Hall–Kier alpha value is -3.13. The first-order valence-electron chi connectivity index (χ1n) is 9.00. The molecule has 5 rings (SSSR count). The van der Waals surface area contributed by atoms with Crippen LogP contribution in [0.1, 0.15) is 16.7 Å². The molecule has 26 heavy (non-hydrogen) atoms. The molecule has 0 saturated carbocycles. The maximum atomic E-state index is 4.87. The van der Waals surface area contributed by atoms with E-state index >= 15 is 0 Å². The van der Waals surface area contributed by atoms with E-state index in [-0.39, 0.29) is 0 Å². The lowest BCUT2D eigenvalue weighted by atomic mass is 10.0. The molecule has 0 radical (unpaired) electrons. The molecule has 0 bridgehead atoms. The normalized spacial score (nSPS) is 11.7.